The zero-order valence-electron chi connectivity index (χ0n) is 10.7. The Morgan fingerprint density at radius 1 is 1.56 bits per heavy atom. The van der Waals surface area contributed by atoms with Crippen LogP contribution in [0.5, 0.6) is 0 Å². The van der Waals surface area contributed by atoms with E-state index in [9.17, 15) is 5.11 Å². The molecule has 1 aromatic heterocycles. The van der Waals surface area contributed by atoms with Crippen molar-refractivity contribution in [1.82, 2.24) is 9.78 Å². The van der Waals surface area contributed by atoms with Crippen LogP contribution >= 0.6 is 11.6 Å². The van der Waals surface area contributed by atoms with E-state index in [1.807, 2.05) is 14.0 Å². The van der Waals surface area contributed by atoms with Gasteiger partial charge in [-0.25, -0.2) is 0 Å². The second-order valence-electron chi connectivity index (χ2n) is 4.44. The molecule has 2 rings (SSSR count). The maximum Gasteiger partial charge on any atom is 0.107 e. The molecule has 0 spiro atoms. The molecule has 1 aliphatic rings. The van der Waals surface area contributed by atoms with Crippen LogP contribution < -0.4 is 0 Å². The van der Waals surface area contributed by atoms with Crippen LogP contribution in [-0.4, -0.2) is 46.9 Å². The number of aliphatic hydroxyl groups excluding tert-OH is 1. The third-order valence-corrected chi connectivity index (χ3v) is 3.61. The summed E-state index contributed by atoms with van der Waals surface area (Å²) in [5.74, 6) is 0. The summed E-state index contributed by atoms with van der Waals surface area (Å²) in [4.78, 5) is 0. The Kier molecular flexibility index (Phi) is 4.61. The lowest BCUT2D eigenvalue weighted by Crippen LogP contribution is -2.39. The summed E-state index contributed by atoms with van der Waals surface area (Å²) in [6.45, 7) is 3.56. The Morgan fingerprint density at radius 2 is 2.33 bits per heavy atom. The van der Waals surface area contributed by atoms with Gasteiger partial charge in [-0.1, -0.05) is 18.5 Å². The van der Waals surface area contributed by atoms with Crippen molar-refractivity contribution in [3.05, 3.63) is 16.4 Å². The summed E-state index contributed by atoms with van der Waals surface area (Å²) in [7, 11) is 1.84. The van der Waals surface area contributed by atoms with Gasteiger partial charge in [-0.15, -0.1) is 0 Å². The molecule has 0 saturated carbocycles. The number of ether oxygens (including phenoxy) is 2. The minimum Gasteiger partial charge on any atom is -0.390 e. The molecule has 1 N–H and O–H groups in total. The second kappa shape index (κ2) is 6.02. The van der Waals surface area contributed by atoms with Crippen LogP contribution in [0.1, 0.15) is 18.3 Å². The van der Waals surface area contributed by atoms with Crippen molar-refractivity contribution >= 4 is 11.6 Å². The van der Waals surface area contributed by atoms with Crippen molar-refractivity contribution in [1.29, 1.82) is 0 Å². The van der Waals surface area contributed by atoms with Gasteiger partial charge in [-0.2, -0.15) is 5.10 Å². The lowest BCUT2D eigenvalue weighted by atomic mass is 10.1. The normalized spacial score (nSPS) is 22.1. The molecule has 5 nitrogen and oxygen atoms in total. The Hall–Kier alpha value is -0.620. The highest BCUT2D eigenvalue weighted by molar-refractivity contribution is 6.31. The van der Waals surface area contributed by atoms with Gasteiger partial charge in [0.05, 0.1) is 42.3 Å². The first-order valence-corrected chi connectivity index (χ1v) is 6.59. The van der Waals surface area contributed by atoms with E-state index in [1.165, 1.54) is 0 Å². The number of aliphatic hydroxyl groups is 1. The van der Waals surface area contributed by atoms with E-state index >= 15 is 0 Å². The highest BCUT2D eigenvalue weighted by atomic mass is 35.5. The predicted molar refractivity (Wildman–Crippen MR) is 67.9 cm³/mol. The molecule has 2 unspecified atom stereocenters. The van der Waals surface area contributed by atoms with E-state index in [0.717, 1.165) is 17.8 Å². The van der Waals surface area contributed by atoms with Gasteiger partial charge in [0.2, 0.25) is 0 Å². The fourth-order valence-corrected chi connectivity index (χ4v) is 2.47. The van der Waals surface area contributed by atoms with Crippen LogP contribution in [0.15, 0.2) is 0 Å². The van der Waals surface area contributed by atoms with Crippen LogP contribution in [0.4, 0.5) is 0 Å². The molecule has 1 saturated heterocycles. The molecular weight excluding hydrogens is 256 g/mol. The third-order valence-electron chi connectivity index (χ3n) is 3.18. The number of hydrogen-bond donors (Lipinski definition) is 1. The molecule has 0 aromatic carbocycles. The smallest absolute Gasteiger partial charge is 0.107 e. The lowest BCUT2D eigenvalue weighted by Gasteiger charge is -2.27. The molecule has 6 heteroatoms. The fourth-order valence-electron chi connectivity index (χ4n) is 2.10. The molecule has 0 aliphatic carbocycles. The number of aryl methyl sites for hydroxylation is 2. The van der Waals surface area contributed by atoms with E-state index in [-0.39, 0.29) is 6.10 Å². The monoisotopic (exact) mass is 274 g/mol. The molecule has 2 heterocycles. The van der Waals surface area contributed by atoms with Crippen molar-refractivity contribution in [2.24, 2.45) is 7.05 Å². The molecule has 1 fully saturated rings. The summed E-state index contributed by atoms with van der Waals surface area (Å²) in [5.41, 5.74) is 1.71. The van der Waals surface area contributed by atoms with Crippen LogP contribution in [0.2, 0.25) is 5.02 Å². The van der Waals surface area contributed by atoms with E-state index in [2.05, 4.69) is 5.10 Å². The van der Waals surface area contributed by atoms with E-state index in [4.69, 9.17) is 21.1 Å². The van der Waals surface area contributed by atoms with Gasteiger partial charge in [0.25, 0.3) is 0 Å². The number of nitrogens with zero attached hydrogens (tertiary/aromatic N) is 2. The van der Waals surface area contributed by atoms with Gasteiger partial charge in [0.15, 0.2) is 0 Å². The Morgan fingerprint density at radius 3 is 2.89 bits per heavy atom. The molecule has 102 valence electrons. The van der Waals surface area contributed by atoms with Gasteiger partial charge in [0.1, 0.15) is 6.10 Å². The van der Waals surface area contributed by atoms with Crippen molar-refractivity contribution < 1.29 is 14.6 Å². The zero-order valence-corrected chi connectivity index (χ0v) is 11.5. The standard InChI is InChI=1S/C12H19ClN2O3/c1-3-8-12(13)9(15(2)14-8)6-10(16)11-7-17-4-5-18-11/h10-11,16H,3-7H2,1-2H3. The summed E-state index contributed by atoms with van der Waals surface area (Å²) in [5, 5.41) is 15.1. The highest BCUT2D eigenvalue weighted by Crippen LogP contribution is 2.23. The van der Waals surface area contributed by atoms with Crippen LogP contribution in [0, 0.1) is 0 Å². The summed E-state index contributed by atoms with van der Waals surface area (Å²) < 4.78 is 12.5. The van der Waals surface area contributed by atoms with Crippen molar-refractivity contribution in [2.75, 3.05) is 19.8 Å². The minimum absolute atomic E-state index is 0.283. The number of hydrogen-bond acceptors (Lipinski definition) is 4. The number of halogens is 1. The first kappa shape index (κ1) is 13.8. The first-order chi connectivity index (χ1) is 8.63. The Labute approximate surface area is 112 Å². The van der Waals surface area contributed by atoms with Crippen molar-refractivity contribution in [3.63, 3.8) is 0 Å². The minimum atomic E-state index is -0.622. The van der Waals surface area contributed by atoms with Crippen LogP contribution in [0.25, 0.3) is 0 Å². The zero-order chi connectivity index (χ0) is 13.1. The van der Waals surface area contributed by atoms with Crippen LogP contribution in [0.3, 0.4) is 0 Å². The predicted octanol–water partition coefficient (Wildman–Crippen LogP) is 0.955. The molecule has 0 amide bonds. The van der Waals surface area contributed by atoms with Gasteiger partial charge < -0.3 is 14.6 Å². The third kappa shape index (κ3) is 2.85. The SMILES string of the molecule is CCc1nn(C)c(CC(O)C2COCCO2)c1Cl. The quantitative estimate of drug-likeness (QED) is 0.888. The molecule has 0 bridgehead atoms. The molecule has 0 radical (unpaired) electrons. The molecular formula is C12H19ClN2O3. The number of rotatable bonds is 4. The maximum atomic E-state index is 10.2. The first-order valence-electron chi connectivity index (χ1n) is 6.21. The molecule has 18 heavy (non-hydrogen) atoms. The summed E-state index contributed by atoms with van der Waals surface area (Å²) in [6.07, 6.45) is 0.306. The van der Waals surface area contributed by atoms with Gasteiger partial charge in [0, 0.05) is 13.5 Å². The fraction of sp³-hybridized carbons (Fsp3) is 0.750. The average Bonchev–Trinajstić information content (AvgIpc) is 2.67. The van der Waals surface area contributed by atoms with Gasteiger partial charge in [-0.3, -0.25) is 4.68 Å². The number of aromatic nitrogens is 2. The van der Waals surface area contributed by atoms with Crippen LogP contribution in [-0.2, 0) is 29.4 Å². The second-order valence-corrected chi connectivity index (χ2v) is 4.82. The average molecular weight is 275 g/mol. The molecule has 1 aliphatic heterocycles. The molecule has 2 atom stereocenters. The van der Waals surface area contributed by atoms with Gasteiger partial charge in [-0.05, 0) is 6.42 Å². The lowest BCUT2D eigenvalue weighted by molar-refractivity contribution is -0.131. The summed E-state index contributed by atoms with van der Waals surface area (Å²) >= 11 is 6.25. The Balaban J connectivity index is 2.06. The van der Waals surface area contributed by atoms with Crippen molar-refractivity contribution in [3.8, 4) is 0 Å². The largest absolute Gasteiger partial charge is 0.390 e. The Bertz CT molecular complexity index is 402. The summed E-state index contributed by atoms with van der Waals surface area (Å²) in [6, 6.07) is 0. The maximum absolute atomic E-state index is 10.2. The topological polar surface area (TPSA) is 56.5 Å². The van der Waals surface area contributed by atoms with Gasteiger partial charge >= 0.3 is 0 Å². The highest BCUT2D eigenvalue weighted by Gasteiger charge is 2.26. The van der Waals surface area contributed by atoms with E-state index in [1.54, 1.807) is 4.68 Å². The van der Waals surface area contributed by atoms with E-state index in [0.29, 0.717) is 31.3 Å². The van der Waals surface area contributed by atoms with Crippen molar-refractivity contribution in [2.45, 2.75) is 32.0 Å². The van der Waals surface area contributed by atoms with E-state index < -0.39 is 6.10 Å². The molecule has 1 aromatic rings.